The molecule has 1 heterocycles. The molecular weight excluding hydrogens is 410 g/mol. The highest BCUT2D eigenvalue weighted by Crippen LogP contribution is 2.26. The van der Waals surface area contributed by atoms with Crippen molar-refractivity contribution in [2.24, 2.45) is 12.1 Å². The number of nitrogens with one attached hydrogen (secondary N) is 1. The number of thioether (sulfide) groups is 1. The van der Waals surface area contributed by atoms with Crippen molar-refractivity contribution in [1.82, 2.24) is 20.2 Å². The number of hydrazone groups is 1. The molecule has 0 saturated carbocycles. The van der Waals surface area contributed by atoms with Crippen LogP contribution in [0, 0.1) is 0 Å². The van der Waals surface area contributed by atoms with Crippen molar-refractivity contribution >= 4 is 34.7 Å². The molecule has 0 fully saturated rings. The van der Waals surface area contributed by atoms with E-state index in [2.05, 4.69) is 20.7 Å². The van der Waals surface area contributed by atoms with Crippen LogP contribution in [0.15, 0.2) is 77.2 Å². The number of aromatic nitrogens is 3. The molecule has 8 heteroatoms. The fraction of sp³-hybridized carbons (Fsp3) is 0.130. The van der Waals surface area contributed by atoms with Crippen LogP contribution in [0.2, 0.25) is 0 Å². The van der Waals surface area contributed by atoms with Crippen molar-refractivity contribution in [3.63, 3.8) is 0 Å². The monoisotopic (exact) mass is 431 g/mol. The van der Waals surface area contributed by atoms with Gasteiger partial charge in [-0.2, -0.15) is 5.10 Å². The summed E-state index contributed by atoms with van der Waals surface area (Å²) < 4.78 is 7.32. The SMILES string of the molecule is COc1ccc2ccccc2c1/C=N\NC(=O)c1ccc(CSc2nncn2C)cc1. The molecule has 0 atom stereocenters. The second-order valence-electron chi connectivity index (χ2n) is 6.81. The zero-order valence-corrected chi connectivity index (χ0v) is 18.0. The maximum Gasteiger partial charge on any atom is 0.271 e. The molecule has 0 saturated heterocycles. The molecule has 4 rings (SSSR count). The Balaban J connectivity index is 1.41. The van der Waals surface area contributed by atoms with Gasteiger partial charge in [-0.15, -0.1) is 10.2 Å². The Bertz CT molecular complexity index is 1230. The summed E-state index contributed by atoms with van der Waals surface area (Å²) in [6, 6.07) is 19.3. The number of hydrogen-bond donors (Lipinski definition) is 1. The first-order valence-electron chi connectivity index (χ1n) is 9.60. The second kappa shape index (κ2) is 9.44. The first-order valence-corrected chi connectivity index (χ1v) is 10.6. The molecule has 0 bridgehead atoms. The van der Waals surface area contributed by atoms with Gasteiger partial charge in [0, 0.05) is 23.9 Å². The Labute approximate surface area is 184 Å². The van der Waals surface area contributed by atoms with Gasteiger partial charge < -0.3 is 9.30 Å². The van der Waals surface area contributed by atoms with Crippen LogP contribution in [0.5, 0.6) is 5.75 Å². The average molecular weight is 432 g/mol. The van der Waals surface area contributed by atoms with Crippen LogP contribution in [0.3, 0.4) is 0 Å². The van der Waals surface area contributed by atoms with Gasteiger partial charge in [-0.3, -0.25) is 4.79 Å². The van der Waals surface area contributed by atoms with Crippen LogP contribution in [-0.4, -0.2) is 34.0 Å². The normalized spacial score (nSPS) is 11.2. The Kier molecular flexibility index (Phi) is 6.28. The Hall–Kier alpha value is -3.65. The summed E-state index contributed by atoms with van der Waals surface area (Å²) in [5, 5.41) is 15.0. The molecule has 0 aliphatic rings. The van der Waals surface area contributed by atoms with E-state index in [1.54, 1.807) is 43.5 Å². The summed E-state index contributed by atoms with van der Waals surface area (Å²) in [5.41, 5.74) is 5.04. The minimum Gasteiger partial charge on any atom is -0.496 e. The van der Waals surface area contributed by atoms with E-state index in [1.807, 2.05) is 60.1 Å². The molecule has 7 nitrogen and oxygen atoms in total. The summed E-state index contributed by atoms with van der Waals surface area (Å²) in [4.78, 5) is 12.5. The number of carbonyl (C=O) groups excluding carboxylic acids is 1. The largest absolute Gasteiger partial charge is 0.496 e. The lowest BCUT2D eigenvalue weighted by atomic mass is 10.0. The maximum atomic E-state index is 12.5. The summed E-state index contributed by atoms with van der Waals surface area (Å²) in [6.45, 7) is 0. The number of aryl methyl sites for hydroxylation is 1. The fourth-order valence-electron chi connectivity index (χ4n) is 3.11. The average Bonchev–Trinajstić information content (AvgIpc) is 3.22. The lowest BCUT2D eigenvalue weighted by Gasteiger charge is -2.08. The van der Waals surface area contributed by atoms with Crippen LogP contribution >= 0.6 is 11.8 Å². The smallest absolute Gasteiger partial charge is 0.271 e. The molecule has 0 aliphatic heterocycles. The van der Waals surface area contributed by atoms with Crippen LogP contribution in [-0.2, 0) is 12.8 Å². The highest BCUT2D eigenvalue weighted by Gasteiger charge is 2.08. The summed E-state index contributed by atoms with van der Waals surface area (Å²) in [5.74, 6) is 1.16. The number of methoxy groups -OCH3 is 1. The first kappa shape index (κ1) is 20.6. The van der Waals surface area contributed by atoms with E-state index < -0.39 is 0 Å². The molecule has 156 valence electrons. The van der Waals surface area contributed by atoms with E-state index >= 15 is 0 Å². The van der Waals surface area contributed by atoms with Gasteiger partial charge in [0.25, 0.3) is 5.91 Å². The minimum atomic E-state index is -0.275. The van der Waals surface area contributed by atoms with Gasteiger partial charge in [0.1, 0.15) is 12.1 Å². The van der Waals surface area contributed by atoms with Gasteiger partial charge >= 0.3 is 0 Å². The number of rotatable bonds is 7. The highest BCUT2D eigenvalue weighted by molar-refractivity contribution is 7.98. The van der Waals surface area contributed by atoms with Gasteiger partial charge in [-0.05, 0) is 34.5 Å². The molecule has 0 aliphatic carbocycles. The third-order valence-corrected chi connectivity index (χ3v) is 5.87. The number of hydrogen-bond acceptors (Lipinski definition) is 6. The second-order valence-corrected chi connectivity index (χ2v) is 7.75. The van der Waals surface area contributed by atoms with E-state index in [-0.39, 0.29) is 5.91 Å². The lowest BCUT2D eigenvalue weighted by Crippen LogP contribution is -2.17. The summed E-state index contributed by atoms with van der Waals surface area (Å²) in [7, 11) is 3.52. The van der Waals surface area contributed by atoms with Gasteiger partial charge in [0.2, 0.25) is 0 Å². The molecule has 3 aromatic carbocycles. The zero-order chi connectivity index (χ0) is 21.6. The summed E-state index contributed by atoms with van der Waals surface area (Å²) in [6.07, 6.45) is 3.29. The maximum absolute atomic E-state index is 12.5. The van der Waals surface area contributed by atoms with Crippen LogP contribution in [0.4, 0.5) is 0 Å². The van der Waals surface area contributed by atoms with Crippen molar-refractivity contribution in [2.45, 2.75) is 10.9 Å². The number of ether oxygens (including phenoxy) is 1. The minimum absolute atomic E-state index is 0.275. The van der Waals surface area contributed by atoms with Gasteiger partial charge in [-0.25, -0.2) is 5.43 Å². The number of benzene rings is 3. The van der Waals surface area contributed by atoms with E-state index in [4.69, 9.17) is 4.74 Å². The third kappa shape index (κ3) is 4.75. The molecule has 4 aromatic rings. The van der Waals surface area contributed by atoms with Gasteiger partial charge in [-0.1, -0.05) is 54.2 Å². The van der Waals surface area contributed by atoms with Crippen molar-refractivity contribution in [2.75, 3.05) is 7.11 Å². The van der Waals surface area contributed by atoms with Crippen LogP contribution in [0.25, 0.3) is 10.8 Å². The number of amides is 1. The van der Waals surface area contributed by atoms with E-state index in [0.29, 0.717) is 11.3 Å². The van der Waals surface area contributed by atoms with E-state index in [1.165, 1.54) is 0 Å². The number of carbonyl (C=O) groups is 1. The summed E-state index contributed by atoms with van der Waals surface area (Å²) >= 11 is 1.59. The van der Waals surface area contributed by atoms with E-state index in [0.717, 1.165) is 32.8 Å². The fourth-order valence-corrected chi connectivity index (χ4v) is 3.95. The van der Waals surface area contributed by atoms with Crippen LogP contribution < -0.4 is 10.2 Å². The molecule has 0 unspecified atom stereocenters. The Morgan fingerprint density at radius 1 is 1.16 bits per heavy atom. The van der Waals surface area contributed by atoms with E-state index in [9.17, 15) is 4.79 Å². The molecular formula is C23H21N5O2S. The number of nitrogens with zero attached hydrogens (tertiary/aromatic N) is 4. The first-order chi connectivity index (χ1) is 15.2. The highest BCUT2D eigenvalue weighted by atomic mass is 32.2. The standard InChI is InChI=1S/C23H21N5O2S/c1-28-15-25-27-23(28)31-14-16-7-9-18(10-8-16)22(29)26-24-13-20-19-6-4-3-5-17(19)11-12-21(20)30-2/h3-13,15H,14H2,1-2H3,(H,26,29)/b24-13-. The molecule has 1 aromatic heterocycles. The quantitative estimate of drug-likeness (QED) is 0.271. The van der Waals surface area contributed by atoms with Gasteiger partial charge in [0.15, 0.2) is 5.16 Å². The van der Waals surface area contributed by atoms with Crippen molar-refractivity contribution in [3.05, 3.63) is 83.7 Å². The lowest BCUT2D eigenvalue weighted by molar-refractivity contribution is 0.0955. The topological polar surface area (TPSA) is 81.4 Å². The molecule has 1 amide bonds. The van der Waals surface area contributed by atoms with Gasteiger partial charge in [0.05, 0.1) is 13.3 Å². The zero-order valence-electron chi connectivity index (χ0n) is 17.1. The molecule has 0 spiro atoms. The Morgan fingerprint density at radius 2 is 1.97 bits per heavy atom. The van der Waals surface area contributed by atoms with Crippen LogP contribution in [0.1, 0.15) is 21.5 Å². The molecule has 0 radical (unpaired) electrons. The third-order valence-electron chi connectivity index (χ3n) is 4.76. The molecule has 1 N–H and O–H groups in total. The predicted octanol–water partition coefficient (Wildman–Crippen LogP) is 4.03. The predicted molar refractivity (Wildman–Crippen MR) is 123 cm³/mol. The molecule has 31 heavy (non-hydrogen) atoms. The Morgan fingerprint density at radius 3 is 2.71 bits per heavy atom. The van der Waals surface area contributed by atoms with Crippen molar-refractivity contribution in [3.8, 4) is 5.75 Å². The van der Waals surface area contributed by atoms with Crippen molar-refractivity contribution in [1.29, 1.82) is 0 Å². The number of fused-ring (bicyclic) bond motifs is 1. The van der Waals surface area contributed by atoms with Crippen molar-refractivity contribution < 1.29 is 9.53 Å².